The number of carbonyl (C=O) groups excluding carboxylic acids is 1. The molecule has 2 N–H and O–H groups in total. The molecule has 2 aromatic rings. The van der Waals surface area contributed by atoms with E-state index in [2.05, 4.69) is 15.3 Å². The van der Waals surface area contributed by atoms with Crippen LogP contribution in [-0.4, -0.2) is 15.9 Å². The third-order valence-electron chi connectivity index (χ3n) is 2.13. The minimum absolute atomic E-state index is 0.181. The molecule has 0 aliphatic heterocycles. The van der Waals surface area contributed by atoms with Gasteiger partial charge in [-0.15, -0.1) is 11.3 Å². The first kappa shape index (κ1) is 11.9. The molecule has 0 saturated carbocycles. The Morgan fingerprint density at radius 1 is 1.65 bits per heavy atom. The molecule has 0 radical (unpaired) electrons. The molecule has 0 saturated heterocycles. The van der Waals surface area contributed by atoms with Gasteiger partial charge in [-0.1, -0.05) is 12.2 Å². The Morgan fingerprint density at radius 3 is 3.12 bits per heavy atom. The average Bonchev–Trinajstić information content (AvgIpc) is 2.73. The molecule has 0 bridgehead atoms. The Bertz CT molecular complexity index is 588. The summed E-state index contributed by atoms with van der Waals surface area (Å²) in [6.45, 7) is 2.36. The van der Waals surface area contributed by atoms with Crippen molar-refractivity contribution in [1.82, 2.24) is 15.3 Å². The molecule has 0 atom stereocenters. The lowest BCUT2D eigenvalue weighted by molar-refractivity contribution is 0.0950. The van der Waals surface area contributed by atoms with Gasteiger partial charge in [0.15, 0.2) is 0 Å². The zero-order chi connectivity index (χ0) is 12.3. The summed E-state index contributed by atoms with van der Waals surface area (Å²) in [6.07, 6.45) is 1.70. The van der Waals surface area contributed by atoms with E-state index in [9.17, 15) is 4.79 Å². The highest BCUT2D eigenvalue weighted by Gasteiger charge is 2.07. The van der Waals surface area contributed by atoms with E-state index in [1.54, 1.807) is 18.3 Å². The highest BCUT2D eigenvalue weighted by Crippen LogP contribution is 2.08. The summed E-state index contributed by atoms with van der Waals surface area (Å²) in [5.41, 5.74) is 1.45. The molecule has 17 heavy (non-hydrogen) atoms. The highest BCUT2D eigenvalue weighted by atomic mass is 32.1. The molecular weight excluding hydrogens is 254 g/mol. The van der Waals surface area contributed by atoms with Crippen LogP contribution in [0.25, 0.3) is 0 Å². The topological polar surface area (TPSA) is 57.8 Å². The second-order valence-electron chi connectivity index (χ2n) is 3.48. The summed E-state index contributed by atoms with van der Waals surface area (Å²) in [7, 11) is 0. The predicted molar refractivity (Wildman–Crippen MR) is 69.6 cm³/mol. The standard InChI is InChI=1S/C11H11N3OS2/c1-7-6-17-9(14-7)5-13-10(15)8-3-2-4-12-11(8)16/h2-4,6H,5H2,1H3,(H,12,16)(H,13,15). The van der Waals surface area contributed by atoms with Crippen LogP contribution < -0.4 is 5.32 Å². The maximum Gasteiger partial charge on any atom is 0.254 e. The average molecular weight is 265 g/mol. The number of aromatic nitrogens is 2. The summed E-state index contributed by atoms with van der Waals surface area (Å²) in [4.78, 5) is 18.9. The molecule has 0 aromatic carbocycles. The number of nitrogens with one attached hydrogen (secondary N) is 2. The first-order valence-corrected chi connectivity index (χ1v) is 6.32. The van der Waals surface area contributed by atoms with Crippen molar-refractivity contribution >= 4 is 29.5 Å². The van der Waals surface area contributed by atoms with Crippen LogP contribution in [0.2, 0.25) is 0 Å². The molecule has 88 valence electrons. The molecular formula is C11H11N3OS2. The van der Waals surface area contributed by atoms with Crippen molar-refractivity contribution in [3.63, 3.8) is 0 Å². The summed E-state index contributed by atoms with van der Waals surface area (Å²) in [6, 6.07) is 3.44. The van der Waals surface area contributed by atoms with E-state index in [4.69, 9.17) is 12.2 Å². The van der Waals surface area contributed by atoms with Gasteiger partial charge in [0.25, 0.3) is 5.91 Å². The molecule has 6 heteroatoms. The molecule has 1 amide bonds. The number of aryl methyl sites for hydroxylation is 1. The summed E-state index contributed by atoms with van der Waals surface area (Å²) >= 11 is 6.57. The minimum atomic E-state index is -0.181. The molecule has 0 fully saturated rings. The highest BCUT2D eigenvalue weighted by molar-refractivity contribution is 7.71. The van der Waals surface area contributed by atoms with Gasteiger partial charge in [-0.3, -0.25) is 4.79 Å². The lowest BCUT2D eigenvalue weighted by Crippen LogP contribution is -2.23. The van der Waals surface area contributed by atoms with Crippen molar-refractivity contribution in [3.05, 3.63) is 44.6 Å². The minimum Gasteiger partial charge on any atom is -0.352 e. The Hall–Kier alpha value is -1.53. The first-order valence-electron chi connectivity index (χ1n) is 5.04. The van der Waals surface area contributed by atoms with Gasteiger partial charge in [-0.25, -0.2) is 4.98 Å². The Kier molecular flexibility index (Phi) is 3.65. The fraction of sp³-hybridized carbons (Fsp3) is 0.182. The van der Waals surface area contributed by atoms with E-state index >= 15 is 0 Å². The van der Waals surface area contributed by atoms with Crippen molar-refractivity contribution in [2.75, 3.05) is 0 Å². The van der Waals surface area contributed by atoms with Crippen molar-refractivity contribution in [3.8, 4) is 0 Å². The van der Waals surface area contributed by atoms with Gasteiger partial charge in [0.2, 0.25) is 0 Å². The predicted octanol–water partition coefficient (Wildman–Crippen LogP) is 2.44. The van der Waals surface area contributed by atoms with Crippen molar-refractivity contribution in [1.29, 1.82) is 0 Å². The Labute approximate surface area is 108 Å². The quantitative estimate of drug-likeness (QED) is 0.838. The number of hydrogen-bond donors (Lipinski definition) is 2. The van der Waals surface area contributed by atoms with Crippen LogP contribution in [0.4, 0.5) is 0 Å². The van der Waals surface area contributed by atoms with Crippen molar-refractivity contribution in [2.45, 2.75) is 13.5 Å². The van der Waals surface area contributed by atoms with E-state index in [-0.39, 0.29) is 5.91 Å². The number of rotatable bonds is 3. The monoisotopic (exact) mass is 265 g/mol. The van der Waals surface area contributed by atoms with Gasteiger partial charge < -0.3 is 10.3 Å². The van der Waals surface area contributed by atoms with Crippen LogP contribution in [-0.2, 0) is 6.54 Å². The number of hydrogen-bond acceptors (Lipinski definition) is 4. The number of thiazole rings is 1. The normalized spacial score (nSPS) is 10.2. The molecule has 0 unspecified atom stereocenters. The second-order valence-corrected chi connectivity index (χ2v) is 4.83. The molecule has 2 heterocycles. The number of H-pyrrole nitrogens is 1. The van der Waals surface area contributed by atoms with Gasteiger partial charge in [-0.2, -0.15) is 0 Å². The summed E-state index contributed by atoms with van der Waals surface area (Å²) in [5.74, 6) is -0.181. The fourth-order valence-electron chi connectivity index (χ4n) is 1.34. The zero-order valence-corrected chi connectivity index (χ0v) is 10.8. The lowest BCUT2D eigenvalue weighted by atomic mass is 10.3. The van der Waals surface area contributed by atoms with E-state index < -0.39 is 0 Å². The van der Waals surface area contributed by atoms with Crippen LogP contribution in [0.5, 0.6) is 0 Å². The van der Waals surface area contributed by atoms with E-state index in [0.29, 0.717) is 16.7 Å². The molecule has 4 nitrogen and oxygen atoms in total. The molecule has 0 aliphatic carbocycles. The van der Waals surface area contributed by atoms with E-state index in [1.807, 2.05) is 12.3 Å². The Balaban J connectivity index is 2.03. The Morgan fingerprint density at radius 2 is 2.47 bits per heavy atom. The number of pyridine rings is 1. The van der Waals surface area contributed by atoms with E-state index in [1.165, 1.54) is 11.3 Å². The summed E-state index contributed by atoms with van der Waals surface area (Å²) < 4.78 is 0.445. The third-order valence-corrected chi connectivity index (χ3v) is 3.43. The maximum absolute atomic E-state index is 11.8. The van der Waals surface area contributed by atoms with Gasteiger partial charge in [0, 0.05) is 17.3 Å². The molecule has 0 spiro atoms. The van der Waals surface area contributed by atoms with Crippen LogP contribution in [0, 0.1) is 11.6 Å². The fourth-order valence-corrected chi connectivity index (χ4v) is 2.28. The van der Waals surface area contributed by atoms with Crippen molar-refractivity contribution in [2.24, 2.45) is 0 Å². The maximum atomic E-state index is 11.8. The van der Waals surface area contributed by atoms with Gasteiger partial charge in [-0.05, 0) is 19.1 Å². The number of amides is 1. The van der Waals surface area contributed by atoms with Crippen LogP contribution in [0.3, 0.4) is 0 Å². The zero-order valence-electron chi connectivity index (χ0n) is 9.19. The van der Waals surface area contributed by atoms with Crippen molar-refractivity contribution < 1.29 is 4.79 Å². The third kappa shape index (κ3) is 2.98. The van der Waals surface area contributed by atoms with Gasteiger partial charge in [0.1, 0.15) is 9.65 Å². The molecule has 2 aromatic heterocycles. The number of carbonyl (C=O) groups is 1. The van der Waals surface area contributed by atoms with Crippen LogP contribution >= 0.6 is 23.6 Å². The first-order chi connectivity index (χ1) is 8.16. The van der Waals surface area contributed by atoms with Crippen LogP contribution in [0.15, 0.2) is 23.7 Å². The lowest BCUT2D eigenvalue weighted by Gasteiger charge is -2.02. The summed E-state index contributed by atoms with van der Waals surface area (Å²) in [5, 5.41) is 5.64. The number of aromatic amines is 1. The van der Waals surface area contributed by atoms with Gasteiger partial charge >= 0.3 is 0 Å². The second kappa shape index (κ2) is 5.20. The van der Waals surface area contributed by atoms with Crippen LogP contribution in [0.1, 0.15) is 21.1 Å². The molecule has 0 aliphatic rings. The smallest absolute Gasteiger partial charge is 0.254 e. The van der Waals surface area contributed by atoms with Gasteiger partial charge in [0.05, 0.1) is 12.1 Å². The SMILES string of the molecule is Cc1csc(CNC(=O)c2ccc[nH]c2=S)n1. The van der Waals surface area contributed by atoms with E-state index in [0.717, 1.165) is 10.7 Å². The molecule has 2 rings (SSSR count). The largest absolute Gasteiger partial charge is 0.352 e. The number of nitrogens with zero attached hydrogens (tertiary/aromatic N) is 1.